The van der Waals surface area contributed by atoms with Gasteiger partial charge in [0.2, 0.25) is 23.6 Å². The average Bonchev–Trinajstić information content (AvgIpc) is 3.60. The Balaban J connectivity index is 1.34. The first kappa shape index (κ1) is 24.3. The lowest BCUT2D eigenvalue weighted by Gasteiger charge is -2.14. The van der Waals surface area contributed by atoms with E-state index in [-0.39, 0.29) is 30.0 Å². The molecule has 2 amide bonds. The quantitative estimate of drug-likeness (QED) is 0.380. The first-order chi connectivity index (χ1) is 18.1. The second-order valence-corrected chi connectivity index (χ2v) is 8.87. The summed E-state index contributed by atoms with van der Waals surface area (Å²) in [5, 5.41) is 26.1. The Morgan fingerprint density at radius 2 is 2.08 bits per heavy atom. The Hall–Kier alpha value is -4.38. The van der Waals surface area contributed by atoms with Gasteiger partial charge < -0.3 is 15.1 Å². The van der Waals surface area contributed by atoms with E-state index in [2.05, 4.69) is 36.4 Å². The van der Waals surface area contributed by atoms with Crippen LogP contribution in [0.5, 0.6) is 0 Å². The highest BCUT2D eigenvalue weighted by atomic mass is 35.5. The summed E-state index contributed by atoms with van der Waals surface area (Å²) >= 11 is 6.20. The number of carbonyl (C=O) groups excluding carboxylic acids is 2. The fourth-order valence-electron chi connectivity index (χ4n) is 4.03. The molecule has 0 spiro atoms. The number of tetrazole rings is 1. The number of halogens is 1. The van der Waals surface area contributed by atoms with E-state index in [1.165, 1.54) is 11.0 Å². The number of allylic oxidation sites excluding steroid dienone is 1. The number of anilines is 1. The van der Waals surface area contributed by atoms with Crippen molar-refractivity contribution in [2.75, 3.05) is 5.32 Å². The van der Waals surface area contributed by atoms with Gasteiger partial charge in [-0.05, 0) is 65.6 Å². The molecule has 2 aromatic carbocycles. The molecule has 2 N–H and O–H groups in total. The zero-order valence-electron chi connectivity index (χ0n) is 19.7. The van der Waals surface area contributed by atoms with E-state index in [4.69, 9.17) is 16.0 Å². The minimum absolute atomic E-state index is 0.108. The molecular formula is C25H23ClN8O3. The SMILES string of the molecule is O=C1CC/C=C/C[C@H](NC(=O)CCc2cc(Cl)ccc2-n2cnnn2)c2nnc(o2)-c2ccccc2N1. The van der Waals surface area contributed by atoms with Crippen molar-refractivity contribution in [3.63, 3.8) is 0 Å². The van der Waals surface area contributed by atoms with Crippen LogP contribution in [0.15, 0.2) is 65.4 Å². The van der Waals surface area contributed by atoms with Crippen LogP contribution in [-0.4, -0.2) is 42.2 Å². The number of benzene rings is 2. The summed E-state index contributed by atoms with van der Waals surface area (Å²) < 4.78 is 7.48. The minimum atomic E-state index is -0.528. The van der Waals surface area contributed by atoms with Gasteiger partial charge in [-0.2, -0.15) is 0 Å². The maximum absolute atomic E-state index is 13.0. The number of nitrogens with one attached hydrogen (secondary N) is 2. The molecule has 0 saturated carbocycles. The molecule has 1 aliphatic rings. The number of fused-ring (bicyclic) bond motifs is 4. The topological polar surface area (TPSA) is 141 Å². The van der Waals surface area contributed by atoms with E-state index in [1.807, 2.05) is 30.4 Å². The van der Waals surface area contributed by atoms with Gasteiger partial charge in [-0.3, -0.25) is 9.59 Å². The van der Waals surface area contributed by atoms with Gasteiger partial charge in [-0.1, -0.05) is 35.9 Å². The van der Waals surface area contributed by atoms with Gasteiger partial charge in [-0.25, -0.2) is 4.68 Å². The molecular weight excluding hydrogens is 496 g/mol. The van der Waals surface area contributed by atoms with Crippen molar-refractivity contribution in [3.05, 3.63) is 77.4 Å². The Morgan fingerprint density at radius 1 is 1.19 bits per heavy atom. The van der Waals surface area contributed by atoms with Crippen LogP contribution >= 0.6 is 11.6 Å². The van der Waals surface area contributed by atoms with Crippen LogP contribution in [0.25, 0.3) is 17.1 Å². The summed E-state index contributed by atoms with van der Waals surface area (Å²) in [6.07, 6.45) is 7.24. The summed E-state index contributed by atoms with van der Waals surface area (Å²) in [5.41, 5.74) is 2.78. The molecule has 3 heterocycles. The van der Waals surface area contributed by atoms with Gasteiger partial charge in [0.15, 0.2) is 0 Å². The smallest absolute Gasteiger partial charge is 0.249 e. The van der Waals surface area contributed by atoms with Crippen LogP contribution in [0, 0.1) is 0 Å². The lowest BCUT2D eigenvalue weighted by molar-refractivity contribution is -0.122. The molecule has 0 aliphatic carbocycles. The number of amides is 2. The van der Waals surface area contributed by atoms with E-state index < -0.39 is 6.04 Å². The van der Waals surface area contributed by atoms with Gasteiger partial charge in [0, 0.05) is 17.9 Å². The zero-order chi connectivity index (χ0) is 25.6. The molecule has 11 nitrogen and oxygen atoms in total. The molecule has 0 fully saturated rings. The zero-order valence-corrected chi connectivity index (χ0v) is 20.4. The average molecular weight is 519 g/mol. The van der Waals surface area contributed by atoms with Crippen LogP contribution < -0.4 is 10.6 Å². The number of para-hydroxylation sites is 1. The summed E-state index contributed by atoms with van der Waals surface area (Å²) in [4.78, 5) is 25.3. The van der Waals surface area contributed by atoms with E-state index in [0.29, 0.717) is 42.0 Å². The highest BCUT2D eigenvalue weighted by Gasteiger charge is 2.22. The molecule has 2 bridgehead atoms. The van der Waals surface area contributed by atoms with Crippen molar-refractivity contribution < 1.29 is 14.0 Å². The highest BCUT2D eigenvalue weighted by Crippen LogP contribution is 2.29. The standard InChI is InChI=1S/C25H23ClN8O3/c26-17-11-12-21(34-15-27-32-33-34)16(14-17)10-13-23(36)29-20-8-2-1-3-9-22(35)28-19-7-5-4-6-18(19)24-30-31-25(20)37-24/h1-2,4-7,11-12,14-15,20H,3,8-10,13H2,(H,28,35)(H,29,36)/b2-1+/t20-/m0/s1. The number of aryl methyl sites for hydroxylation is 1. The molecule has 37 heavy (non-hydrogen) atoms. The van der Waals surface area contributed by atoms with Gasteiger partial charge in [0.05, 0.1) is 16.9 Å². The molecule has 0 radical (unpaired) electrons. The maximum atomic E-state index is 13.0. The summed E-state index contributed by atoms with van der Waals surface area (Å²) in [6, 6.07) is 12.1. The molecule has 2 aromatic heterocycles. The third-order valence-corrected chi connectivity index (χ3v) is 6.08. The third-order valence-electron chi connectivity index (χ3n) is 5.84. The Kier molecular flexibility index (Phi) is 7.31. The van der Waals surface area contributed by atoms with E-state index in [9.17, 15) is 9.59 Å². The summed E-state index contributed by atoms with van der Waals surface area (Å²) in [7, 11) is 0. The number of aromatic nitrogens is 6. The van der Waals surface area contributed by atoms with Crippen LogP contribution in [0.4, 0.5) is 5.69 Å². The molecule has 4 aromatic rings. The van der Waals surface area contributed by atoms with Crippen molar-refractivity contribution >= 4 is 29.1 Å². The molecule has 5 rings (SSSR count). The number of hydrogen-bond acceptors (Lipinski definition) is 8. The van der Waals surface area contributed by atoms with Crippen LogP contribution in [0.1, 0.15) is 43.2 Å². The second kappa shape index (κ2) is 11.1. The fourth-order valence-corrected chi connectivity index (χ4v) is 4.22. The molecule has 1 aliphatic heterocycles. The second-order valence-electron chi connectivity index (χ2n) is 8.43. The Bertz CT molecular complexity index is 1430. The number of hydrogen-bond donors (Lipinski definition) is 2. The van der Waals surface area contributed by atoms with E-state index in [0.717, 1.165) is 11.3 Å². The van der Waals surface area contributed by atoms with Gasteiger partial charge >= 0.3 is 0 Å². The van der Waals surface area contributed by atoms with Crippen molar-refractivity contribution in [2.24, 2.45) is 0 Å². The predicted octanol–water partition coefficient (Wildman–Crippen LogP) is 3.83. The van der Waals surface area contributed by atoms with Crippen molar-refractivity contribution in [3.8, 4) is 17.1 Å². The fraction of sp³-hybridized carbons (Fsp3) is 0.240. The normalized spacial score (nSPS) is 16.5. The number of nitrogens with zero attached hydrogens (tertiary/aromatic N) is 6. The van der Waals surface area contributed by atoms with E-state index >= 15 is 0 Å². The first-order valence-corrected chi connectivity index (χ1v) is 12.1. The summed E-state index contributed by atoms with van der Waals surface area (Å²) in [5.74, 6) is 0.245. The predicted molar refractivity (Wildman–Crippen MR) is 135 cm³/mol. The molecule has 0 saturated heterocycles. The number of rotatable bonds is 5. The third kappa shape index (κ3) is 5.89. The van der Waals surface area contributed by atoms with E-state index in [1.54, 1.807) is 24.3 Å². The Labute approximate surface area is 216 Å². The van der Waals surface area contributed by atoms with Gasteiger partial charge in [0.1, 0.15) is 12.4 Å². The van der Waals surface area contributed by atoms with Gasteiger partial charge in [-0.15, -0.1) is 15.3 Å². The first-order valence-electron chi connectivity index (χ1n) is 11.8. The lowest BCUT2D eigenvalue weighted by Crippen LogP contribution is -2.28. The monoisotopic (exact) mass is 518 g/mol. The molecule has 0 unspecified atom stereocenters. The highest BCUT2D eigenvalue weighted by molar-refractivity contribution is 6.30. The largest absolute Gasteiger partial charge is 0.418 e. The van der Waals surface area contributed by atoms with Crippen molar-refractivity contribution in [2.45, 2.75) is 38.1 Å². The van der Waals surface area contributed by atoms with Crippen molar-refractivity contribution in [1.29, 1.82) is 0 Å². The minimum Gasteiger partial charge on any atom is -0.418 e. The Morgan fingerprint density at radius 3 is 2.95 bits per heavy atom. The molecule has 1 atom stereocenters. The number of carbonyl (C=O) groups is 2. The molecule has 12 heteroatoms. The van der Waals surface area contributed by atoms with Crippen molar-refractivity contribution in [1.82, 2.24) is 35.7 Å². The van der Waals surface area contributed by atoms with Crippen LogP contribution in [-0.2, 0) is 16.0 Å². The van der Waals surface area contributed by atoms with Crippen LogP contribution in [0.3, 0.4) is 0 Å². The lowest BCUT2D eigenvalue weighted by atomic mass is 10.1. The van der Waals surface area contributed by atoms with Gasteiger partial charge in [0.25, 0.3) is 0 Å². The maximum Gasteiger partial charge on any atom is 0.249 e. The van der Waals surface area contributed by atoms with Crippen LogP contribution in [0.2, 0.25) is 5.02 Å². The molecule has 188 valence electrons. The summed E-state index contributed by atoms with van der Waals surface area (Å²) in [6.45, 7) is 0.